The van der Waals surface area contributed by atoms with Crippen LogP contribution in [0.1, 0.15) is 11.1 Å². The Kier molecular flexibility index (Phi) is 3.85. The predicted molar refractivity (Wildman–Crippen MR) is 74.5 cm³/mol. The summed E-state index contributed by atoms with van der Waals surface area (Å²) in [5, 5.41) is 8.97. The van der Waals surface area contributed by atoms with E-state index in [9.17, 15) is 4.79 Å². The maximum absolute atomic E-state index is 10.9. The number of benzene rings is 2. The van der Waals surface area contributed by atoms with Crippen LogP contribution < -0.4 is 4.74 Å². The van der Waals surface area contributed by atoms with E-state index in [2.05, 4.69) is 0 Å². The summed E-state index contributed by atoms with van der Waals surface area (Å²) >= 11 is 0. The molecule has 3 heteroatoms. The first-order valence-electron chi connectivity index (χ1n) is 6.06. The van der Waals surface area contributed by atoms with Crippen molar-refractivity contribution in [2.75, 3.05) is 7.11 Å². The Hall–Kier alpha value is -2.29. The Morgan fingerprint density at radius 1 is 1.16 bits per heavy atom. The molecule has 0 atom stereocenters. The molecule has 0 aliphatic carbocycles. The fraction of sp³-hybridized carbons (Fsp3) is 0.188. The normalized spacial score (nSPS) is 10.2. The smallest absolute Gasteiger partial charge is 0.307 e. The second-order valence-corrected chi connectivity index (χ2v) is 4.46. The summed E-state index contributed by atoms with van der Waals surface area (Å²) in [6.07, 6.45) is 0.0294. The molecule has 1 N–H and O–H groups in total. The standard InChI is InChI=1S/C16H16O3/c1-11-3-4-13(10-16(17)18)15(9-11)12-5-7-14(19-2)8-6-12/h3-9H,10H2,1-2H3,(H,17,18). The molecular weight excluding hydrogens is 240 g/mol. The van der Waals surface area contributed by atoms with Crippen LogP contribution >= 0.6 is 0 Å². The average Bonchev–Trinajstić information content (AvgIpc) is 2.40. The fourth-order valence-corrected chi connectivity index (χ4v) is 2.05. The highest BCUT2D eigenvalue weighted by molar-refractivity contribution is 5.77. The minimum atomic E-state index is -0.821. The van der Waals surface area contributed by atoms with E-state index in [1.54, 1.807) is 7.11 Å². The summed E-state index contributed by atoms with van der Waals surface area (Å²) in [5.74, 6) is -0.0326. The van der Waals surface area contributed by atoms with Crippen LogP contribution in [0, 0.1) is 6.92 Å². The number of carboxylic acids is 1. The van der Waals surface area contributed by atoms with Gasteiger partial charge in [0.15, 0.2) is 0 Å². The van der Waals surface area contributed by atoms with Gasteiger partial charge in [0.1, 0.15) is 5.75 Å². The van der Waals surface area contributed by atoms with Crippen molar-refractivity contribution in [3.8, 4) is 16.9 Å². The van der Waals surface area contributed by atoms with Gasteiger partial charge in [0, 0.05) is 0 Å². The molecule has 0 amide bonds. The molecular formula is C16H16O3. The Morgan fingerprint density at radius 2 is 1.84 bits per heavy atom. The highest BCUT2D eigenvalue weighted by Crippen LogP contribution is 2.27. The van der Waals surface area contributed by atoms with Crippen LogP contribution in [0.3, 0.4) is 0 Å². The lowest BCUT2D eigenvalue weighted by molar-refractivity contribution is -0.136. The third-order valence-electron chi connectivity index (χ3n) is 3.01. The van der Waals surface area contributed by atoms with E-state index in [1.165, 1.54) is 0 Å². The monoisotopic (exact) mass is 256 g/mol. The second kappa shape index (κ2) is 5.57. The van der Waals surface area contributed by atoms with E-state index in [1.807, 2.05) is 49.4 Å². The van der Waals surface area contributed by atoms with Crippen molar-refractivity contribution in [1.82, 2.24) is 0 Å². The molecule has 3 nitrogen and oxygen atoms in total. The second-order valence-electron chi connectivity index (χ2n) is 4.46. The number of hydrogen-bond donors (Lipinski definition) is 1. The molecule has 2 aromatic carbocycles. The van der Waals surface area contributed by atoms with Crippen LogP contribution in [0.5, 0.6) is 5.75 Å². The Labute approximate surface area is 112 Å². The lowest BCUT2D eigenvalue weighted by atomic mass is 9.96. The van der Waals surface area contributed by atoms with E-state index in [-0.39, 0.29) is 6.42 Å². The van der Waals surface area contributed by atoms with E-state index < -0.39 is 5.97 Å². The number of carboxylic acid groups (broad SMARTS) is 1. The number of carbonyl (C=O) groups is 1. The molecule has 0 saturated carbocycles. The fourth-order valence-electron chi connectivity index (χ4n) is 2.05. The lowest BCUT2D eigenvalue weighted by Crippen LogP contribution is -2.02. The maximum atomic E-state index is 10.9. The molecule has 98 valence electrons. The summed E-state index contributed by atoms with van der Waals surface area (Å²) < 4.78 is 5.13. The third kappa shape index (κ3) is 3.13. The molecule has 0 spiro atoms. The van der Waals surface area contributed by atoms with Crippen molar-refractivity contribution in [3.63, 3.8) is 0 Å². The van der Waals surface area contributed by atoms with Crippen LogP contribution in [0.4, 0.5) is 0 Å². The predicted octanol–water partition coefficient (Wildman–Crippen LogP) is 3.30. The van der Waals surface area contributed by atoms with E-state index in [0.29, 0.717) is 0 Å². The first kappa shape index (κ1) is 13.1. The summed E-state index contributed by atoms with van der Waals surface area (Å²) in [6, 6.07) is 13.5. The molecule has 0 saturated heterocycles. The Morgan fingerprint density at radius 3 is 2.42 bits per heavy atom. The average molecular weight is 256 g/mol. The van der Waals surface area contributed by atoms with Crippen molar-refractivity contribution < 1.29 is 14.6 Å². The molecule has 0 aromatic heterocycles. The van der Waals surface area contributed by atoms with Crippen LogP contribution in [0.2, 0.25) is 0 Å². The topological polar surface area (TPSA) is 46.5 Å². The molecule has 0 aliphatic heterocycles. The maximum Gasteiger partial charge on any atom is 0.307 e. The zero-order valence-electron chi connectivity index (χ0n) is 11.0. The van der Waals surface area contributed by atoms with Gasteiger partial charge in [-0.1, -0.05) is 35.9 Å². The van der Waals surface area contributed by atoms with Crippen LogP contribution in [-0.2, 0) is 11.2 Å². The zero-order valence-corrected chi connectivity index (χ0v) is 11.0. The third-order valence-corrected chi connectivity index (χ3v) is 3.01. The molecule has 0 fully saturated rings. The van der Waals surface area contributed by atoms with Crippen molar-refractivity contribution in [2.45, 2.75) is 13.3 Å². The highest BCUT2D eigenvalue weighted by atomic mass is 16.5. The lowest BCUT2D eigenvalue weighted by Gasteiger charge is -2.10. The van der Waals surface area contributed by atoms with Gasteiger partial charge in [0.25, 0.3) is 0 Å². The van der Waals surface area contributed by atoms with Gasteiger partial charge in [-0.3, -0.25) is 4.79 Å². The zero-order chi connectivity index (χ0) is 13.8. The van der Waals surface area contributed by atoms with Gasteiger partial charge in [-0.15, -0.1) is 0 Å². The molecule has 19 heavy (non-hydrogen) atoms. The number of rotatable bonds is 4. The number of ether oxygens (including phenoxy) is 1. The first-order valence-corrected chi connectivity index (χ1v) is 6.06. The van der Waals surface area contributed by atoms with E-state index in [4.69, 9.17) is 9.84 Å². The van der Waals surface area contributed by atoms with Crippen molar-refractivity contribution >= 4 is 5.97 Å². The quantitative estimate of drug-likeness (QED) is 0.913. The molecule has 0 radical (unpaired) electrons. The van der Waals surface area contributed by atoms with Gasteiger partial charge in [0.05, 0.1) is 13.5 Å². The summed E-state index contributed by atoms with van der Waals surface area (Å²) in [7, 11) is 1.62. The molecule has 0 heterocycles. The van der Waals surface area contributed by atoms with Crippen molar-refractivity contribution in [2.24, 2.45) is 0 Å². The van der Waals surface area contributed by atoms with Gasteiger partial charge in [0.2, 0.25) is 0 Å². The summed E-state index contributed by atoms with van der Waals surface area (Å²) in [5.41, 5.74) is 3.90. The molecule has 0 aliphatic rings. The minimum Gasteiger partial charge on any atom is -0.497 e. The molecule has 0 unspecified atom stereocenters. The van der Waals surface area contributed by atoms with Gasteiger partial charge in [-0.25, -0.2) is 0 Å². The van der Waals surface area contributed by atoms with E-state index in [0.717, 1.165) is 28.0 Å². The number of aryl methyl sites for hydroxylation is 1. The summed E-state index contributed by atoms with van der Waals surface area (Å²) in [4.78, 5) is 10.9. The molecule has 0 bridgehead atoms. The van der Waals surface area contributed by atoms with Gasteiger partial charge in [-0.2, -0.15) is 0 Å². The van der Waals surface area contributed by atoms with Crippen LogP contribution in [0.25, 0.3) is 11.1 Å². The van der Waals surface area contributed by atoms with Crippen molar-refractivity contribution in [1.29, 1.82) is 0 Å². The van der Waals surface area contributed by atoms with Crippen LogP contribution in [-0.4, -0.2) is 18.2 Å². The van der Waals surface area contributed by atoms with Crippen LogP contribution in [0.15, 0.2) is 42.5 Å². The van der Waals surface area contributed by atoms with Gasteiger partial charge >= 0.3 is 5.97 Å². The van der Waals surface area contributed by atoms with Crippen molar-refractivity contribution in [3.05, 3.63) is 53.6 Å². The minimum absolute atomic E-state index is 0.0294. The SMILES string of the molecule is COc1ccc(-c2cc(C)ccc2CC(=O)O)cc1. The first-order chi connectivity index (χ1) is 9.10. The number of hydrogen-bond acceptors (Lipinski definition) is 2. The summed E-state index contributed by atoms with van der Waals surface area (Å²) in [6.45, 7) is 2.00. The highest BCUT2D eigenvalue weighted by Gasteiger charge is 2.09. The van der Waals surface area contributed by atoms with Gasteiger partial charge < -0.3 is 9.84 Å². The van der Waals surface area contributed by atoms with E-state index >= 15 is 0 Å². The largest absolute Gasteiger partial charge is 0.497 e. The molecule has 2 aromatic rings. The number of aliphatic carboxylic acids is 1. The number of methoxy groups -OCH3 is 1. The Bertz CT molecular complexity index is 585. The molecule has 2 rings (SSSR count). The van der Waals surface area contributed by atoms with Gasteiger partial charge in [-0.05, 0) is 35.7 Å². The Balaban J connectivity index is 2.46.